The molecule has 0 aromatic heterocycles. The molecule has 1 rings (SSSR count). The Kier molecular flexibility index (Phi) is 5.75. The number of hydrogen-bond acceptors (Lipinski definition) is 4. The summed E-state index contributed by atoms with van der Waals surface area (Å²) in [5.41, 5.74) is 5.20. The maximum atomic E-state index is 12.2. The van der Waals surface area contributed by atoms with E-state index in [1.807, 2.05) is 13.8 Å². The summed E-state index contributed by atoms with van der Waals surface area (Å²) in [4.78, 5) is 27.5. The lowest BCUT2D eigenvalue weighted by atomic mass is 9.98. The number of carbonyl (C=O) groups excluding carboxylic acids is 2. The highest BCUT2D eigenvalue weighted by atomic mass is 16.2. The van der Waals surface area contributed by atoms with Crippen LogP contribution in [0.2, 0.25) is 0 Å². The molecule has 0 bridgehead atoms. The molecule has 1 heterocycles. The fourth-order valence-corrected chi connectivity index (χ4v) is 2.08. The lowest BCUT2D eigenvalue weighted by molar-refractivity contribution is -0.138. The van der Waals surface area contributed by atoms with Crippen LogP contribution >= 0.6 is 0 Å². The van der Waals surface area contributed by atoms with Gasteiger partial charge in [0.2, 0.25) is 11.8 Å². The Labute approximate surface area is 115 Å². The molecule has 6 heteroatoms. The predicted octanol–water partition coefficient (Wildman–Crippen LogP) is -0.606. The predicted molar refractivity (Wildman–Crippen MR) is 74.6 cm³/mol. The number of rotatable bonds is 5. The number of piperazine rings is 1. The summed E-state index contributed by atoms with van der Waals surface area (Å²) in [5, 5.41) is 2.78. The topological polar surface area (TPSA) is 78.7 Å². The smallest absolute Gasteiger partial charge is 0.242 e. The monoisotopic (exact) mass is 270 g/mol. The molecule has 0 saturated carbocycles. The molecule has 1 atom stereocenters. The molecular formula is C13H26N4O2. The summed E-state index contributed by atoms with van der Waals surface area (Å²) in [6.45, 7) is 9.39. The molecular weight excluding hydrogens is 244 g/mol. The van der Waals surface area contributed by atoms with Crippen LogP contribution in [0, 0.1) is 0 Å². The molecule has 3 N–H and O–H groups in total. The molecule has 6 nitrogen and oxygen atoms in total. The van der Waals surface area contributed by atoms with Crippen LogP contribution in [0.5, 0.6) is 0 Å². The third-order valence-electron chi connectivity index (χ3n) is 3.62. The van der Waals surface area contributed by atoms with E-state index < -0.39 is 5.54 Å². The molecule has 1 unspecified atom stereocenters. The van der Waals surface area contributed by atoms with Crippen LogP contribution < -0.4 is 11.1 Å². The second-order valence-electron chi connectivity index (χ2n) is 5.29. The van der Waals surface area contributed by atoms with Crippen LogP contribution in [0.15, 0.2) is 0 Å². The van der Waals surface area contributed by atoms with Gasteiger partial charge < -0.3 is 16.0 Å². The Morgan fingerprint density at radius 1 is 1.21 bits per heavy atom. The van der Waals surface area contributed by atoms with E-state index in [9.17, 15) is 9.59 Å². The zero-order valence-electron chi connectivity index (χ0n) is 12.2. The van der Waals surface area contributed by atoms with Gasteiger partial charge in [-0.2, -0.15) is 0 Å². The van der Waals surface area contributed by atoms with Gasteiger partial charge in [-0.1, -0.05) is 6.92 Å². The zero-order chi connectivity index (χ0) is 14.5. The summed E-state index contributed by atoms with van der Waals surface area (Å²) < 4.78 is 0. The largest absolute Gasteiger partial charge is 0.355 e. The summed E-state index contributed by atoms with van der Waals surface area (Å²) in [7, 11) is 0. The van der Waals surface area contributed by atoms with Crippen molar-refractivity contribution in [1.82, 2.24) is 15.1 Å². The van der Waals surface area contributed by atoms with Crippen molar-refractivity contribution in [1.29, 1.82) is 0 Å². The normalized spacial score (nSPS) is 19.9. The molecule has 1 aliphatic rings. The van der Waals surface area contributed by atoms with E-state index in [0.717, 1.165) is 13.1 Å². The van der Waals surface area contributed by atoms with E-state index in [1.54, 1.807) is 11.8 Å². The van der Waals surface area contributed by atoms with Gasteiger partial charge in [0, 0.05) is 32.7 Å². The first-order chi connectivity index (χ1) is 8.90. The first kappa shape index (κ1) is 15.9. The number of nitrogens with zero attached hydrogens (tertiary/aromatic N) is 2. The number of likely N-dealkylation sites (N-methyl/N-ethyl adjacent to an activating group) is 1. The molecule has 0 aromatic rings. The van der Waals surface area contributed by atoms with Crippen molar-refractivity contribution < 1.29 is 9.59 Å². The van der Waals surface area contributed by atoms with Crippen molar-refractivity contribution in [2.45, 2.75) is 32.7 Å². The van der Waals surface area contributed by atoms with Crippen LogP contribution in [-0.2, 0) is 9.59 Å². The van der Waals surface area contributed by atoms with E-state index in [-0.39, 0.29) is 11.8 Å². The quantitative estimate of drug-likeness (QED) is 0.699. The van der Waals surface area contributed by atoms with E-state index in [0.29, 0.717) is 32.6 Å². The van der Waals surface area contributed by atoms with Crippen LogP contribution in [0.3, 0.4) is 0 Å². The Morgan fingerprint density at radius 2 is 1.79 bits per heavy atom. The van der Waals surface area contributed by atoms with Gasteiger partial charge in [-0.3, -0.25) is 14.5 Å². The van der Waals surface area contributed by atoms with Crippen molar-refractivity contribution in [3.8, 4) is 0 Å². The van der Waals surface area contributed by atoms with Crippen molar-refractivity contribution in [2.24, 2.45) is 5.73 Å². The Morgan fingerprint density at radius 3 is 2.26 bits per heavy atom. The molecule has 110 valence electrons. The minimum absolute atomic E-state index is 0.00709. The number of amides is 2. The van der Waals surface area contributed by atoms with Crippen LogP contribution in [-0.4, -0.2) is 66.4 Å². The van der Waals surface area contributed by atoms with Gasteiger partial charge >= 0.3 is 0 Å². The summed E-state index contributed by atoms with van der Waals surface area (Å²) in [5.74, 6) is 0.0483. The van der Waals surface area contributed by atoms with Gasteiger partial charge in [0.15, 0.2) is 0 Å². The molecule has 0 aromatic carbocycles. The van der Waals surface area contributed by atoms with Gasteiger partial charge in [-0.25, -0.2) is 0 Å². The van der Waals surface area contributed by atoms with Crippen molar-refractivity contribution in [3.63, 3.8) is 0 Å². The van der Waals surface area contributed by atoms with Crippen LogP contribution in [0.25, 0.3) is 0 Å². The fourth-order valence-electron chi connectivity index (χ4n) is 2.08. The van der Waals surface area contributed by atoms with Gasteiger partial charge in [0.25, 0.3) is 0 Å². The molecule has 2 amide bonds. The van der Waals surface area contributed by atoms with Crippen LogP contribution in [0.1, 0.15) is 27.2 Å². The van der Waals surface area contributed by atoms with E-state index >= 15 is 0 Å². The first-order valence-corrected chi connectivity index (χ1v) is 6.98. The van der Waals surface area contributed by atoms with Crippen LogP contribution in [0.4, 0.5) is 0 Å². The SMILES string of the molecule is CCNC(=O)CN1CCN(C(=O)C(C)(N)CC)CC1. The van der Waals surface area contributed by atoms with Gasteiger partial charge in [0.1, 0.15) is 0 Å². The van der Waals surface area contributed by atoms with Gasteiger partial charge in [-0.05, 0) is 20.3 Å². The minimum atomic E-state index is -0.776. The highest BCUT2D eigenvalue weighted by Crippen LogP contribution is 2.12. The molecule has 0 aliphatic carbocycles. The Balaban J connectivity index is 2.41. The molecule has 1 aliphatic heterocycles. The summed E-state index contributed by atoms with van der Waals surface area (Å²) >= 11 is 0. The van der Waals surface area contributed by atoms with Crippen molar-refractivity contribution in [3.05, 3.63) is 0 Å². The minimum Gasteiger partial charge on any atom is -0.355 e. The number of nitrogens with two attached hydrogens (primary N) is 1. The Hall–Kier alpha value is -1.14. The first-order valence-electron chi connectivity index (χ1n) is 6.98. The lowest BCUT2D eigenvalue weighted by Gasteiger charge is -2.38. The maximum absolute atomic E-state index is 12.2. The second kappa shape index (κ2) is 6.86. The number of carbonyl (C=O) groups is 2. The van der Waals surface area contributed by atoms with Crippen molar-refractivity contribution >= 4 is 11.8 Å². The molecule has 0 spiro atoms. The second-order valence-corrected chi connectivity index (χ2v) is 5.29. The van der Waals surface area contributed by atoms with E-state index in [4.69, 9.17) is 5.73 Å². The maximum Gasteiger partial charge on any atom is 0.242 e. The van der Waals surface area contributed by atoms with Crippen molar-refractivity contribution in [2.75, 3.05) is 39.3 Å². The Bertz CT molecular complexity index is 323. The van der Waals surface area contributed by atoms with Gasteiger partial charge in [0.05, 0.1) is 12.1 Å². The summed E-state index contributed by atoms with van der Waals surface area (Å²) in [6, 6.07) is 0. The number of hydrogen-bond donors (Lipinski definition) is 2. The third kappa shape index (κ3) is 4.47. The molecule has 19 heavy (non-hydrogen) atoms. The van der Waals surface area contributed by atoms with E-state index in [1.165, 1.54) is 0 Å². The molecule has 1 saturated heterocycles. The van der Waals surface area contributed by atoms with E-state index in [2.05, 4.69) is 10.2 Å². The molecule has 0 radical (unpaired) electrons. The lowest BCUT2D eigenvalue weighted by Crippen LogP contribution is -2.58. The third-order valence-corrected chi connectivity index (χ3v) is 3.62. The highest BCUT2D eigenvalue weighted by molar-refractivity contribution is 5.85. The zero-order valence-corrected chi connectivity index (χ0v) is 12.2. The average Bonchev–Trinajstić information content (AvgIpc) is 2.39. The average molecular weight is 270 g/mol. The standard InChI is InChI=1S/C13H26N4O2/c1-4-13(3,14)12(19)17-8-6-16(7-9-17)10-11(18)15-5-2/h4-10,14H2,1-3H3,(H,15,18). The van der Waals surface area contributed by atoms with Gasteiger partial charge in [-0.15, -0.1) is 0 Å². The molecule has 1 fully saturated rings. The fraction of sp³-hybridized carbons (Fsp3) is 0.846. The summed E-state index contributed by atoms with van der Waals surface area (Å²) in [6.07, 6.45) is 0.630. The highest BCUT2D eigenvalue weighted by Gasteiger charge is 2.32. The number of nitrogens with one attached hydrogen (secondary N) is 1.